The van der Waals surface area contributed by atoms with E-state index in [2.05, 4.69) is 11.2 Å². The molecule has 6 heteroatoms. The van der Waals surface area contributed by atoms with Crippen molar-refractivity contribution < 1.29 is 9.59 Å². The maximum atomic E-state index is 12.4. The second-order valence-electron chi connectivity index (χ2n) is 5.79. The fourth-order valence-corrected chi connectivity index (χ4v) is 3.33. The number of fused-ring (bicyclic) bond motifs is 2. The molecule has 0 bridgehead atoms. The van der Waals surface area contributed by atoms with E-state index < -0.39 is 0 Å². The van der Waals surface area contributed by atoms with Gasteiger partial charge in [-0.1, -0.05) is 24.3 Å². The van der Waals surface area contributed by atoms with Gasteiger partial charge >= 0.3 is 0 Å². The molecule has 0 saturated carbocycles. The van der Waals surface area contributed by atoms with Crippen LogP contribution < -0.4 is 0 Å². The number of hydrogen-bond acceptors (Lipinski definition) is 3. The lowest BCUT2D eigenvalue weighted by atomic mass is 9.96. The lowest BCUT2D eigenvalue weighted by Crippen LogP contribution is -2.32. The van der Waals surface area contributed by atoms with Crippen molar-refractivity contribution in [1.82, 2.24) is 14.7 Å². The third-order valence-electron chi connectivity index (χ3n) is 4.44. The van der Waals surface area contributed by atoms with Crippen molar-refractivity contribution in [3.8, 4) is 11.1 Å². The number of hydrogen-bond donors (Lipinski definition) is 0. The Morgan fingerprint density at radius 1 is 1.25 bits per heavy atom. The Hall–Kier alpha value is -2.66. The molecule has 0 fully saturated rings. The highest BCUT2D eigenvalue weighted by Gasteiger charge is 2.33. The summed E-state index contributed by atoms with van der Waals surface area (Å²) in [5.41, 5.74) is 4.39. The molecule has 2 aromatic carbocycles. The first-order chi connectivity index (χ1) is 11.6. The Morgan fingerprint density at radius 3 is 2.83 bits per heavy atom. The van der Waals surface area contributed by atoms with Crippen LogP contribution in [-0.2, 0) is 18.4 Å². The van der Waals surface area contributed by atoms with E-state index in [1.54, 1.807) is 6.07 Å². The van der Waals surface area contributed by atoms with Crippen LogP contribution in [0.15, 0.2) is 42.6 Å². The van der Waals surface area contributed by atoms with Crippen LogP contribution in [0.2, 0.25) is 0 Å². The van der Waals surface area contributed by atoms with Crippen LogP contribution in [0.1, 0.15) is 15.9 Å². The van der Waals surface area contributed by atoms with Crippen LogP contribution in [0.25, 0.3) is 22.0 Å². The third-order valence-corrected chi connectivity index (χ3v) is 4.67. The molecule has 3 aromatic rings. The normalized spacial score (nSPS) is 13.6. The van der Waals surface area contributed by atoms with Crippen LogP contribution in [0.3, 0.4) is 0 Å². The average Bonchev–Trinajstić information content (AvgIpc) is 3.15. The van der Waals surface area contributed by atoms with Gasteiger partial charge in [-0.05, 0) is 28.8 Å². The molecule has 120 valence electrons. The zero-order valence-corrected chi connectivity index (χ0v) is 13.7. The number of amides is 2. The topological polar surface area (TPSA) is 55.2 Å². The minimum Gasteiger partial charge on any atom is -0.273 e. The number of imide groups is 1. The molecule has 0 atom stereocenters. The van der Waals surface area contributed by atoms with E-state index in [1.165, 1.54) is 4.90 Å². The van der Waals surface area contributed by atoms with Gasteiger partial charge in [0.05, 0.1) is 18.3 Å². The lowest BCUT2D eigenvalue weighted by Gasteiger charge is -2.11. The molecule has 0 unspecified atom stereocenters. The van der Waals surface area contributed by atoms with E-state index >= 15 is 0 Å². The van der Waals surface area contributed by atoms with Crippen molar-refractivity contribution in [3.63, 3.8) is 0 Å². The predicted octanol–water partition coefficient (Wildman–Crippen LogP) is 2.96. The van der Waals surface area contributed by atoms with E-state index in [9.17, 15) is 9.59 Å². The Labute approximate surface area is 143 Å². The molecule has 1 aliphatic rings. The first-order valence-corrected chi connectivity index (χ1v) is 8.08. The van der Waals surface area contributed by atoms with Crippen LogP contribution in [0.4, 0.5) is 0 Å². The molecule has 4 rings (SSSR count). The molecule has 2 heterocycles. The maximum absolute atomic E-state index is 12.4. The highest BCUT2D eigenvalue weighted by atomic mass is 35.5. The Morgan fingerprint density at radius 2 is 2.04 bits per heavy atom. The summed E-state index contributed by atoms with van der Waals surface area (Å²) in [5.74, 6) is -0.847. The van der Waals surface area contributed by atoms with Gasteiger partial charge in [0.2, 0.25) is 5.91 Å². The van der Waals surface area contributed by atoms with Gasteiger partial charge in [0.15, 0.2) is 0 Å². The van der Waals surface area contributed by atoms with Crippen molar-refractivity contribution in [1.29, 1.82) is 0 Å². The molecule has 1 aliphatic heterocycles. The van der Waals surface area contributed by atoms with Gasteiger partial charge in [-0.2, -0.15) is 5.10 Å². The SMILES string of the molecule is Cn1ncc2ccc(-c3cccc4c3CN(C(=O)CCl)C4=O)cc21. The number of halogens is 1. The van der Waals surface area contributed by atoms with Crippen molar-refractivity contribution in [2.24, 2.45) is 7.05 Å². The number of aryl methyl sites for hydroxylation is 1. The van der Waals surface area contributed by atoms with E-state index in [4.69, 9.17) is 11.6 Å². The number of benzene rings is 2. The third kappa shape index (κ3) is 2.12. The molecule has 0 radical (unpaired) electrons. The van der Waals surface area contributed by atoms with Gasteiger partial charge < -0.3 is 0 Å². The van der Waals surface area contributed by atoms with Gasteiger partial charge in [0.25, 0.3) is 5.91 Å². The van der Waals surface area contributed by atoms with Gasteiger partial charge in [-0.15, -0.1) is 11.6 Å². The number of carbonyl (C=O) groups is 2. The van der Waals surface area contributed by atoms with Crippen LogP contribution in [-0.4, -0.2) is 32.4 Å². The molecule has 0 spiro atoms. The molecule has 24 heavy (non-hydrogen) atoms. The molecule has 5 nitrogen and oxygen atoms in total. The van der Waals surface area contributed by atoms with Crippen LogP contribution in [0.5, 0.6) is 0 Å². The maximum Gasteiger partial charge on any atom is 0.261 e. The molecular formula is C18H14ClN3O2. The van der Waals surface area contributed by atoms with Crippen molar-refractivity contribution in [2.45, 2.75) is 6.54 Å². The number of alkyl halides is 1. The van der Waals surface area contributed by atoms with Crippen LogP contribution >= 0.6 is 11.6 Å². The number of nitrogens with zero attached hydrogens (tertiary/aromatic N) is 3. The Kier molecular flexibility index (Phi) is 3.39. The lowest BCUT2D eigenvalue weighted by molar-refractivity contribution is -0.126. The monoisotopic (exact) mass is 339 g/mol. The largest absolute Gasteiger partial charge is 0.273 e. The zero-order chi connectivity index (χ0) is 16.8. The minimum atomic E-state index is -0.370. The summed E-state index contributed by atoms with van der Waals surface area (Å²) >= 11 is 5.61. The summed E-state index contributed by atoms with van der Waals surface area (Å²) < 4.78 is 1.82. The highest BCUT2D eigenvalue weighted by molar-refractivity contribution is 6.29. The van der Waals surface area contributed by atoms with Gasteiger partial charge in [0, 0.05) is 18.0 Å². The van der Waals surface area contributed by atoms with E-state index in [0.717, 1.165) is 27.6 Å². The van der Waals surface area contributed by atoms with Gasteiger partial charge in [-0.3, -0.25) is 19.2 Å². The zero-order valence-electron chi connectivity index (χ0n) is 13.0. The summed E-state index contributed by atoms with van der Waals surface area (Å²) in [5, 5.41) is 5.32. The summed E-state index contributed by atoms with van der Waals surface area (Å²) in [4.78, 5) is 25.5. The average molecular weight is 340 g/mol. The first-order valence-electron chi connectivity index (χ1n) is 7.55. The van der Waals surface area contributed by atoms with E-state index in [1.807, 2.05) is 42.2 Å². The number of carbonyl (C=O) groups excluding carboxylic acids is 2. The van der Waals surface area contributed by atoms with Crippen molar-refractivity contribution in [3.05, 3.63) is 53.7 Å². The Bertz CT molecular complexity index is 993. The summed E-state index contributed by atoms with van der Waals surface area (Å²) in [7, 11) is 1.89. The number of aromatic nitrogens is 2. The predicted molar refractivity (Wildman–Crippen MR) is 91.8 cm³/mol. The molecule has 2 amide bonds. The van der Waals surface area contributed by atoms with Gasteiger partial charge in [-0.25, -0.2) is 0 Å². The fraction of sp³-hybridized carbons (Fsp3) is 0.167. The molecule has 1 aromatic heterocycles. The summed E-state index contributed by atoms with van der Waals surface area (Å²) in [6, 6.07) is 11.6. The number of rotatable bonds is 2. The van der Waals surface area contributed by atoms with E-state index in [0.29, 0.717) is 5.56 Å². The molecule has 0 aliphatic carbocycles. The second kappa shape index (κ2) is 5.46. The smallest absolute Gasteiger partial charge is 0.261 e. The molecule has 0 N–H and O–H groups in total. The van der Waals surface area contributed by atoms with Gasteiger partial charge in [0.1, 0.15) is 5.88 Å². The fourth-order valence-electron chi connectivity index (χ4n) is 3.19. The molecular weight excluding hydrogens is 326 g/mol. The first kappa shape index (κ1) is 14.9. The van der Waals surface area contributed by atoms with Crippen molar-refractivity contribution in [2.75, 3.05) is 5.88 Å². The minimum absolute atomic E-state index is 0.198. The van der Waals surface area contributed by atoms with Crippen molar-refractivity contribution >= 4 is 34.3 Å². The Balaban J connectivity index is 1.85. The van der Waals surface area contributed by atoms with Crippen LogP contribution in [0, 0.1) is 0 Å². The summed E-state index contributed by atoms with van der Waals surface area (Å²) in [6.07, 6.45) is 1.82. The summed E-state index contributed by atoms with van der Waals surface area (Å²) in [6.45, 7) is 0.263. The molecule has 0 saturated heterocycles. The van der Waals surface area contributed by atoms with E-state index in [-0.39, 0.29) is 24.2 Å². The highest BCUT2D eigenvalue weighted by Crippen LogP contribution is 2.34. The second-order valence-corrected chi connectivity index (χ2v) is 6.06. The standard InChI is InChI=1S/C18H14ClN3O2/c1-21-16-7-11(5-6-12(16)9-20-21)13-3-2-4-14-15(13)10-22(18(14)24)17(23)8-19/h2-7,9H,8,10H2,1H3. The quantitative estimate of drug-likeness (QED) is 0.674.